The van der Waals surface area contributed by atoms with Crippen LogP contribution in [-0.4, -0.2) is 68.6 Å². The molecule has 0 aliphatic heterocycles. The van der Waals surface area contributed by atoms with Crippen LogP contribution in [0.5, 0.6) is 0 Å². The molecule has 0 radical (unpaired) electrons. The first kappa shape index (κ1) is 30.2. The van der Waals surface area contributed by atoms with Crippen LogP contribution in [0.3, 0.4) is 0 Å². The van der Waals surface area contributed by atoms with Gasteiger partial charge >= 0.3 is 0 Å². The Bertz CT molecular complexity index is 1290. The number of benzene rings is 2. The van der Waals surface area contributed by atoms with Crippen molar-refractivity contribution in [1.82, 2.24) is 9.80 Å². The maximum Gasteiger partial charge on any atom is 0.273 e. The van der Waals surface area contributed by atoms with E-state index in [0.29, 0.717) is 23.5 Å². The molecule has 0 saturated heterocycles. The topological polar surface area (TPSA) is 65.0 Å². The molecule has 6 nitrogen and oxygen atoms in total. The first-order valence-corrected chi connectivity index (χ1v) is 12.7. The molecule has 0 atom stereocenters. The molecular weight excluding hydrogens is 472 g/mol. The monoisotopic (exact) mass is 512 g/mol. The summed E-state index contributed by atoms with van der Waals surface area (Å²) in [5.74, 6) is -0.380. The number of carbonyl (C=O) groups is 2. The first-order chi connectivity index (χ1) is 18.0. The third-order valence-electron chi connectivity index (χ3n) is 6.16. The standard InChI is InChI=1S/C32H40N4O2/c1-23(11-9-10-12-25(3)28-14-13-24(2)26(4)22-28)21-30(33-5)31(37)34-29-17-15-27(16-18-29)32(38)36(8)20-19-35(6)7/h10-18,21-22H,19-20H2,1-8H3,(H,34,37)/b23-21+,25-12+,33-30?. The molecule has 6 heteroatoms. The minimum Gasteiger partial charge on any atom is -0.340 e. The molecule has 200 valence electrons. The Hall–Kier alpha value is -3.99. The molecule has 0 aliphatic rings. The molecule has 0 bridgehead atoms. The van der Waals surface area contributed by atoms with E-state index >= 15 is 0 Å². The van der Waals surface area contributed by atoms with Gasteiger partial charge in [-0.3, -0.25) is 14.6 Å². The number of allylic oxidation sites excluding steroid dienone is 4. The first-order valence-electron chi connectivity index (χ1n) is 12.7. The van der Waals surface area contributed by atoms with Crippen molar-refractivity contribution in [3.05, 3.63) is 100 Å². The minimum absolute atomic E-state index is 0.0574. The highest BCUT2D eigenvalue weighted by Crippen LogP contribution is 2.17. The lowest BCUT2D eigenvalue weighted by molar-refractivity contribution is -0.110. The average molecular weight is 513 g/mol. The van der Waals surface area contributed by atoms with Crippen molar-refractivity contribution in [1.29, 1.82) is 0 Å². The van der Waals surface area contributed by atoms with E-state index in [0.717, 1.165) is 17.7 Å². The fourth-order valence-corrected chi connectivity index (χ4v) is 3.49. The zero-order valence-electron chi connectivity index (χ0n) is 23.9. The second-order valence-corrected chi connectivity index (χ2v) is 9.69. The van der Waals surface area contributed by atoms with Gasteiger partial charge in [-0.15, -0.1) is 5.73 Å². The lowest BCUT2D eigenvalue weighted by Gasteiger charge is -2.19. The molecule has 2 rings (SSSR count). The average Bonchev–Trinajstić information content (AvgIpc) is 2.89. The van der Waals surface area contributed by atoms with Crippen molar-refractivity contribution in [2.24, 2.45) is 4.99 Å². The summed E-state index contributed by atoms with van der Waals surface area (Å²) in [6.07, 6.45) is 7.42. The van der Waals surface area contributed by atoms with Crippen LogP contribution in [0, 0.1) is 13.8 Å². The Morgan fingerprint density at radius 1 is 0.947 bits per heavy atom. The van der Waals surface area contributed by atoms with Crippen LogP contribution in [0.1, 0.15) is 40.9 Å². The molecule has 0 aromatic heterocycles. The molecule has 0 spiro atoms. The summed E-state index contributed by atoms with van der Waals surface area (Å²) in [4.78, 5) is 33.2. The van der Waals surface area contributed by atoms with Gasteiger partial charge in [-0.05, 0) is 112 Å². The van der Waals surface area contributed by atoms with E-state index in [2.05, 4.69) is 55.0 Å². The second kappa shape index (κ2) is 14.7. The molecule has 2 aromatic rings. The number of amides is 2. The van der Waals surface area contributed by atoms with Gasteiger partial charge in [-0.1, -0.05) is 24.3 Å². The number of aryl methyl sites for hydroxylation is 2. The largest absolute Gasteiger partial charge is 0.340 e. The number of nitrogens with zero attached hydrogens (tertiary/aromatic N) is 3. The van der Waals surface area contributed by atoms with E-state index in [4.69, 9.17) is 0 Å². The van der Waals surface area contributed by atoms with E-state index in [-0.39, 0.29) is 11.8 Å². The Labute approximate surface area is 227 Å². The zero-order chi connectivity index (χ0) is 28.2. The van der Waals surface area contributed by atoms with E-state index in [9.17, 15) is 9.59 Å². The predicted octanol–water partition coefficient (Wildman–Crippen LogP) is 5.71. The van der Waals surface area contributed by atoms with Gasteiger partial charge in [0.15, 0.2) is 0 Å². The lowest BCUT2D eigenvalue weighted by Crippen LogP contribution is -2.33. The molecular formula is C32H40N4O2. The third-order valence-corrected chi connectivity index (χ3v) is 6.16. The summed E-state index contributed by atoms with van der Waals surface area (Å²) in [6, 6.07) is 13.3. The number of nitrogens with one attached hydrogen (secondary N) is 1. The summed E-state index contributed by atoms with van der Waals surface area (Å²) in [5, 5.41) is 2.85. The van der Waals surface area contributed by atoms with E-state index in [1.807, 2.05) is 44.1 Å². The van der Waals surface area contributed by atoms with E-state index < -0.39 is 0 Å². The third kappa shape index (κ3) is 9.47. The van der Waals surface area contributed by atoms with Gasteiger partial charge in [-0.25, -0.2) is 0 Å². The SMILES string of the molecule is CN=C(/C=C(\C)C=C=C/C=C(\C)c1ccc(C)c(C)c1)C(=O)Nc1ccc(C(=O)N(C)CCN(C)C)cc1. The Balaban J connectivity index is 2.01. The van der Waals surface area contributed by atoms with Crippen molar-refractivity contribution < 1.29 is 9.59 Å². The van der Waals surface area contributed by atoms with Crippen LogP contribution in [0.4, 0.5) is 5.69 Å². The predicted molar refractivity (Wildman–Crippen MR) is 160 cm³/mol. The summed E-state index contributed by atoms with van der Waals surface area (Å²) < 4.78 is 0. The summed E-state index contributed by atoms with van der Waals surface area (Å²) in [6.45, 7) is 9.61. The number of likely N-dealkylation sites (N-methyl/N-ethyl adjacent to an activating group) is 2. The number of carbonyl (C=O) groups excluding carboxylic acids is 2. The number of hydrogen-bond donors (Lipinski definition) is 1. The Morgan fingerprint density at radius 3 is 2.21 bits per heavy atom. The number of aliphatic imine (C=N–C) groups is 1. The van der Waals surface area contributed by atoms with E-state index in [1.165, 1.54) is 16.7 Å². The number of rotatable bonds is 10. The molecule has 0 fully saturated rings. The number of anilines is 1. The molecule has 2 aromatic carbocycles. The molecule has 0 saturated carbocycles. The second-order valence-electron chi connectivity index (χ2n) is 9.69. The van der Waals surface area contributed by atoms with Crippen molar-refractivity contribution in [3.8, 4) is 0 Å². The van der Waals surface area contributed by atoms with Gasteiger partial charge in [0.25, 0.3) is 11.8 Å². The molecule has 0 heterocycles. The maximum absolute atomic E-state index is 12.8. The van der Waals surface area contributed by atoms with Gasteiger partial charge in [0.1, 0.15) is 5.71 Å². The fraction of sp³-hybridized carbons (Fsp3) is 0.312. The van der Waals surface area contributed by atoms with Crippen molar-refractivity contribution in [2.75, 3.05) is 46.6 Å². The Kier molecular flexibility index (Phi) is 11.7. The smallest absolute Gasteiger partial charge is 0.273 e. The fourth-order valence-electron chi connectivity index (χ4n) is 3.49. The molecule has 1 N–H and O–H groups in total. The van der Waals surface area contributed by atoms with Gasteiger partial charge in [0.05, 0.1) is 0 Å². The highest BCUT2D eigenvalue weighted by Gasteiger charge is 2.13. The van der Waals surface area contributed by atoms with Crippen LogP contribution in [0.25, 0.3) is 5.57 Å². The summed E-state index contributed by atoms with van der Waals surface area (Å²) in [7, 11) is 7.31. The molecule has 0 unspecified atom stereocenters. The van der Waals surface area contributed by atoms with Crippen molar-refractivity contribution in [3.63, 3.8) is 0 Å². The quantitative estimate of drug-likeness (QED) is 0.252. The summed E-state index contributed by atoms with van der Waals surface area (Å²) in [5.41, 5.74) is 10.3. The molecule has 38 heavy (non-hydrogen) atoms. The van der Waals surface area contributed by atoms with Gasteiger partial charge in [0.2, 0.25) is 0 Å². The van der Waals surface area contributed by atoms with Gasteiger partial charge in [-0.2, -0.15) is 0 Å². The lowest BCUT2D eigenvalue weighted by atomic mass is 10.0. The Morgan fingerprint density at radius 2 is 1.61 bits per heavy atom. The number of hydrogen-bond acceptors (Lipinski definition) is 4. The van der Waals surface area contributed by atoms with Crippen molar-refractivity contribution >= 4 is 28.8 Å². The van der Waals surface area contributed by atoms with Crippen LogP contribution >= 0.6 is 0 Å². The van der Waals surface area contributed by atoms with E-state index in [1.54, 1.807) is 49.3 Å². The zero-order valence-corrected chi connectivity index (χ0v) is 23.9. The van der Waals surface area contributed by atoms with Crippen molar-refractivity contribution in [2.45, 2.75) is 27.7 Å². The maximum atomic E-state index is 12.8. The van der Waals surface area contributed by atoms with Gasteiger partial charge in [0, 0.05) is 38.4 Å². The highest BCUT2D eigenvalue weighted by atomic mass is 16.2. The van der Waals surface area contributed by atoms with Crippen LogP contribution in [0.15, 0.2) is 83.1 Å². The van der Waals surface area contributed by atoms with Crippen LogP contribution in [-0.2, 0) is 4.79 Å². The molecule has 2 amide bonds. The van der Waals surface area contributed by atoms with Crippen LogP contribution < -0.4 is 5.32 Å². The highest BCUT2D eigenvalue weighted by molar-refractivity contribution is 6.47. The minimum atomic E-state index is -0.322. The summed E-state index contributed by atoms with van der Waals surface area (Å²) >= 11 is 0. The van der Waals surface area contributed by atoms with Gasteiger partial charge < -0.3 is 15.1 Å². The van der Waals surface area contributed by atoms with Crippen LogP contribution in [0.2, 0.25) is 0 Å². The normalized spacial score (nSPS) is 12.2. The molecule has 0 aliphatic carbocycles.